The van der Waals surface area contributed by atoms with Crippen LogP contribution in [0.2, 0.25) is 0 Å². The van der Waals surface area contributed by atoms with Crippen molar-refractivity contribution < 1.29 is 14.3 Å². The van der Waals surface area contributed by atoms with Gasteiger partial charge in [-0.15, -0.1) is 0 Å². The first-order valence-corrected chi connectivity index (χ1v) is 2.80. The average molecular weight is 146 g/mol. The third-order valence-corrected chi connectivity index (χ3v) is 0.974. The molecule has 0 aliphatic heterocycles. The molecule has 0 heterocycles. The van der Waals surface area contributed by atoms with Crippen molar-refractivity contribution >= 4 is 12.2 Å². The smallest absolute Gasteiger partial charge is 0.359 e. The van der Waals surface area contributed by atoms with E-state index in [0.717, 1.165) is 0 Å². The lowest BCUT2D eigenvalue weighted by atomic mass is 10.7. The summed E-state index contributed by atoms with van der Waals surface area (Å²) in [7, 11) is 1.51. The Labute approximate surface area is 58.7 Å². The molecule has 0 unspecified atom stereocenters. The Morgan fingerprint density at radius 3 is 2.40 bits per heavy atom. The van der Waals surface area contributed by atoms with Crippen molar-refractivity contribution in [2.75, 3.05) is 13.6 Å². The van der Waals surface area contributed by atoms with Crippen molar-refractivity contribution in [1.29, 1.82) is 0 Å². The van der Waals surface area contributed by atoms with Gasteiger partial charge in [0.2, 0.25) is 0 Å². The number of carbonyl (C=O) groups excluding carboxylic acids is 2. The summed E-state index contributed by atoms with van der Waals surface area (Å²) < 4.78 is 4.03. The first-order chi connectivity index (χ1) is 4.57. The molecule has 0 fully saturated rings. The van der Waals surface area contributed by atoms with Crippen LogP contribution in [0.5, 0.6) is 0 Å². The number of primary amides is 1. The molecule has 0 rings (SSSR count). The van der Waals surface area contributed by atoms with Gasteiger partial charge in [-0.25, -0.2) is 9.59 Å². The van der Waals surface area contributed by atoms with Crippen LogP contribution in [-0.4, -0.2) is 30.7 Å². The molecule has 0 saturated heterocycles. The Bertz CT molecular complexity index is 146. The monoisotopic (exact) mass is 146 g/mol. The van der Waals surface area contributed by atoms with Gasteiger partial charge in [-0.05, 0) is 6.92 Å². The molecule has 0 aromatic carbocycles. The lowest BCUT2D eigenvalue weighted by Crippen LogP contribution is -2.31. The summed E-state index contributed by atoms with van der Waals surface area (Å²) in [6, 6.07) is 0. The highest BCUT2D eigenvalue weighted by atomic mass is 16.6. The van der Waals surface area contributed by atoms with Gasteiger partial charge in [0.05, 0.1) is 0 Å². The molecular weight excluding hydrogens is 136 g/mol. The fourth-order valence-corrected chi connectivity index (χ4v) is 0.293. The second-order valence-corrected chi connectivity index (χ2v) is 1.70. The van der Waals surface area contributed by atoms with E-state index in [1.807, 2.05) is 0 Å². The minimum atomic E-state index is -1.08. The summed E-state index contributed by atoms with van der Waals surface area (Å²) in [5.41, 5.74) is 4.58. The molecule has 0 aliphatic rings. The quantitative estimate of drug-likeness (QED) is 0.535. The van der Waals surface area contributed by atoms with Crippen LogP contribution >= 0.6 is 0 Å². The molecule has 0 aliphatic carbocycles. The Kier molecular flexibility index (Phi) is 3.24. The maximum absolute atomic E-state index is 10.6. The number of nitrogens with two attached hydrogens (primary N) is 1. The van der Waals surface area contributed by atoms with E-state index in [4.69, 9.17) is 0 Å². The minimum absolute atomic E-state index is 0.478. The zero-order valence-electron chi connectivity index (χ0n) is 5.96. The van der Waals surface area contributed by atoms with Crippen LogP contribution in [0.1, 0.15) is 6.92 Å². The summed E-state index contributed by atoms with van der Waals surface area (Å²) in [5, 5.41) is 0. The lowest BCUT2D eigenvalue weighted by molar-refractivity contribution is 0.131. The topological polar surface area (TPSA) is 72.6 Å². The number of hydrogen-bond acceptors (Lipinski definition) is 3. The number of rotatable bonds is 1. The van der Waals surface area contributed by atoms with Crippen molar-refractivity contribution in [3.05, 3.63) is 0 Å². The highest BCUT2D eigenvalue weighted by Crippen LogP contribution is 1.87. The summed E-state index contributed by atoms with van der Waals surface area (Å²) in [6.07, 6.45) is -1.81. The van der Waals surface area contributed by atoms with Crippen molar-refractivity contribution in [2.45, 2.75) is 6.92 Å². The van der Waals surface area contributed by atoms with Crippen molar-refractivity contribution in [3.8, 4) is 0 Å². The molecule has 58 valence electrons. The third-order valence-electron chi connectivity index (χ3n) is 0.974. The molecule has 2 N–H and O–H groups in total. The normalized spacial score (nSPS) is 8.60. The lowest BCUT2D eigenvalue weighted by Gasteiger charge is -2.11. The summed E-state index contributed by atoms with van der Waals surface area (Å²) >= 11 is 0. The zero-order chi connectivity index (χ0) is 8.15. The first-order valence-electron chi connectivity index (χ1n) is 2.80. The molecule has 2 amide bonds. The van der Waals surface area contributed by atoms with Crippen molar-refractivity contribution in [2.24, 2.45) is 5.73 Å². The molecule has 0 spiro atoms. The SMILES string of the molecule is CCN(C)C(=O)OC(N)=O. The number of ether oxygens (including phenoxy) is 1. The van der Waals surface area contributed by atoms with Gasteiger partial charge in [0, 0.05) is 13.6 Å². The molecule has 0 saturated carbocycles. The molecule has 10 heavy (non-hydrogen) atoms. The maximum Gasteiger partial charge on any atom is 0.418 e. The van der Waals surface area contributed by atoms with Gasteiger partial charge in [-0.3, -0.25) is 0 Å². The number of carbonyl (C=O) groups is 2. The molecular formula is C5H10N2O3. The van der Waals surface area contributed by atoms with Gasteiger partial charge in [-0.2, -0.15) is 0 Å². The van der Waals surface area contributed by atoms with E-state index < -0.39 is 12.2 Å². The highest BCUT2D eigenvalue weighted by Gasteiger charge is 2.09. The molecule has 5 nitrogen and oxygen atoms in total. The number of hydrogen-bond donors (Lipinski definition) is 1. The van der Waals surface area contributed by atoms with Crippen LogP contribution in [0, 0.1) is 0 Å². The van der Waals surface area contributed by atoms with Gasteiger partial charge in [-0.1, -0.05) is 0 Å². The summed E-state index contributed by atoms with van der Waals surface area (Å²) in [6.45, 7) is 2.23. The molecule has 0 aromatic rings. The largest absolute Gasteiger partial charge is 0.418 e. The van der Waals surface area contributed by atoms with Gasteiger partial charge >= 0.3 is 12.2 Å². The Hall–Kier alpha value is -1.26. The fraction of sp³-hybridized carbons (Fsp3) is 0.600. The number of nitrogens with zero attached hydrogens (tertiary/aromatic N) is 1. The van der Waals surface area contributed by atoms with Gasteiger partial charge < -0.3 is 15.4 Å². The minimum Gasteiger partial charge on any atom is -0.359 e. The Balaban J connectivity index is 3.73. The van der Waals surface area contributed by atoms with E-state index in [2.05, 4.69) is 10.5 Å². The molecule has 0 atom stereocenters. The van der Waals surface area contributed by atoms with Crippen LogP contribution in [0.15, 0.2) is 0 Å². The standard InChI is InChI=1S/C5H10N2O3/c1-3-7(2)5(9)10-4(6)8/h3H2,1-2H3,(H2,6,8). The Morgan fingerprint density at radius 1 is 1.60 bits per heavy atom. The first kappa shape index (κ1) is 8.74. The van der Waals surface area contributed by atoms with Crippen molar-refractivity contribution in [3.63, 3.8) is 0 Å². The van der Waals surface area contributed by atoms with E-state index in [1.165, 1.54) is 11.9 Å². The second-order valence-electron chi connectivity index (χ2n) is 1.70. The van der Waals surface area contributed by atoms with E-state index in [-0.39, 0.29) is 0 Å². The van der Waals surface area contributed by atoms with E-state index in [1.54, 1.807) is 6.92 Å². The van der Waals surface area contributed by atoms with Crippen LogP contribution < -0.4 is 5.73 Å². The van der Waals surface area contributed by atoms with Gasteiger partial charge in [0.25, 0.3) is 0 Å². The maximum atomic E-state index is 10.6. The predicted molar refractivity (Wildman–Crippen MR) is 34.4 cm³/mol. The molecule has 0 aromatic heterocycles. The average Bonchev–Trinajstić information content (AvgIpc) is 1.85. The van der Waals surface area contributed by atoms with Crippen LogP contribution in [0.25, 0.3) is 0 Å². The summed E-state index contributed by atoms with van der Waals surface area (Å²) in [5.74, 6) is 0. The Morgan fingerprint density at radius 2 is 2.10 bits per heavy atom. The van der Waals surface area contributed by atoms with Gasteiger partial charge in [0.1, 0.15) is 0 Å². The predicted octanol–water partition coefficient (Wildman–Crippen LogP) is 0.153. The van der Waals surface area contributed by atoms with E-state index in [0.29, 0.717) is 6.54 Å². The van der Waals surface area contributed by atoms with Gasteiger partial charge in [0.15, 0.2) is 0 Å². The third kappa shape index (κ3) is 2.91. The summed E-state index contributed by atoms with van der Waals surface area (Å²) in [4.78, 5) is 21.8. The van der Waals surface area contributed by atoms with E-state index in [9.17, 15) is 9.59 Å². The fourth-order valence-electron chi connectivity index (χ4n) is 0.293. The molecule has 0 bridgehead atoms. The van der Waals surface area contributed by atoms with Crippen molar-refractivity contribution in [1.82, 2.24) is 4.90 Å². The second kappa shape index (κ2) is 3.71. The molecule has 0 radical (unpaired) electrons. The number of amides is 2. The van der Waals surface area contributed by atoms with Crippen LogP contribution in [0.3, 0.4) is 0 Å². The van der Waals surface area contributed by atoms with E-state index >= 15 is 0 Å². The highest BCUT2D eigenvalue weighted by molar-refractivity contribution is 5.82. The molecule has 5 heteroatoms. The zero-order valence-corrected chi connectivity index (χ0v) is 5.96. The van der Waals surface area contributed by atoms with Crippen LogP contribution in [-0.2, 0) is 4.74 Å². The van der Waals surface area contributed by atoms with Crippen LogP contribution in [0.4, 0.5) is 9.59 Å².